The number of hydrogen-bond acceptors (Lipinski definition) is 5. The van der Waals surface area contributed by atoms with E-state index in [4.69, 9.17) is 9.47 Å². The van der Waals surface area contributed by atoms with Gasteiger partial charge in [-0.25, -0.2) is 12.8 Å². The van der Waals surface area contributed by atoms with Crippen molar-refractivity contribution in [2.24, 2.45) is 5.92 Å². The summed E-state index contributed by atoms with van der Waals surface area (Å²) in [4.78, 5) is 12.7. The Balaban J connectivity index is 1.67. The lowest BCUT2D eigenvalue weighted by atomic mass is 10.0. The van der Waals surface area contributed by atoms with Gasteiger partial charge in [0.1, 0.15) is 11.9 Å². The molecule has 168 valence electrons. The first-order valence-electron chi connectivity index (χ1n) is 10.2. The number of amides is 1. The molecule has 9 heteroatoms. The molecule has 3 rings (SSSR count). The van der Waals surface area contributed by atoms with E-state index >= 15 is 0 Å². The van der Waals surface area contributed by atoms with Crippen molar-refractivity contribution in [2.75, 3.05) is 19.8 Å². The molecule has 0 aromatic heterocycles. The largest absolute Gasteiger partial charge is 0.490 e. The minimum atomic E-state index is -3.99. The highest BCUT2D eigenvalue weighted by molar-refractivity contribution is 7.89. The summed E-state index contributed by atoms with van der Waals surface area (Å²) in [6.07, 6.45) is 1.01. The number of hydrogen-bond donors (Lipinski definition) is 2. The Morgan fingerprint density at radius 1 is 1.10 bits per heavy atom. The van der Waals surface area contributed by atoms with Crippen molar-refractivity contribution in [1.29, 1.82) is 0 Å². The Morgan fingerprint density at radius 2 is 1.81 bits per heavy atom. The first-order chi connectivity index (χ1) is 14.8. The van der Waals surface area contributed by atoms with Crippen LogP contribution in [0.15, 0.2) is 47.4 Å². The number of fused-ring (bicyclic) bond motifs is 1. The predicted molar refractivity (Wildman–Crippen MR) is 114 cm³/mol. The van der Waals surface area contributed by atoms with Gasteiger partial charge in [-0.1, -0.05) is 32.0 Å². The summed E-state index contributed by atoms with van der Waals surface area (Å²) in [5.41, 5.74) is 0.483. The van der Waals surface area contributed by atoms with Crippen molar-refractivity contribution < 1.29 is 27.1 Å². The van der Waals surface area contributed by atoms with Crippen LogP contribution in [0.5, 0.6) is 11.5 Å². The standard InChI is InChI=1S/C22H27FN2O5S/c1-15(2)21(22(26)24-11-10-16-6-3-4-7-18(16)23)25-31(27,28)17-8-9-19-20(14-17)30-13-5-12-29-19/h3-4,6-9,14-15,21,25H,5,10-13H2,1-2H3,(H,24,26)/t21-/m0/s1. The Kier molecular flexibility index (Phi) is 7.50. The highest BCUT2D eigenvalue weighted by atomic mass is 32.2. The van der Waals surface area contributed by atoms with Crippen LogP contribution in [0, 0.1) is 11.7 Å². The third-order valence-electron chi connectivity index (χ3n) is 4.91. The highest BCUT2D eigenvalue weighted by Crippen LogP contribution is 2.32. The van der Waals surface area contributed by atoms with Gasteiger partial charge in [-0.3, -0.25) is 4.79 Å². The molecule has 1 aliphatic heterocycles. The molecule has 0 bridgehead atoms. The lowest BCUT2D eigenvalue weighted by Gasteiger charge is -2.22. The van der Waals surface area contributed by atoms with Crippen molar-refractivity contribution in [3.8, 4) is 11.5 Å². The Hall–Kier alpha value is -2.65. The first kappa shape index (κ1) is 23.0. The fraction of sp³-hybridized carbons (Fsp3) is 0.409. The number of ether oxygens (including phenoxy) is 2. The van der Waals surface area contributed by atoms with Crippen LogP contribution in [0.3, 0.4) is 0 Å². The quantitative estimate of drug-likeness (QED) is 0.645. The number of nitrogens with one attached hydrogen (secondary N) is 2. The number of carbonyl (C=O) groups excluding carboxylic acids is 1. The molecule has 1 aliphatic rings. The Bertz CT molecular complexity index is 1030. The molecule has 0 saturated heterocycles. The van der Waals surface area contributed by atoms with E-state index in [0.29, 0.717) is 43.1 Å². The van der Waals surface area contributed by atoms with Gasteiger partial charge in [-0.05, 0) is 36.1 Å². The third-order valence-corrected chi connectivity index (χ3v) is 6.35. The number of rotatable bonds is 8. The molecular weight excluding hydrogens is 423 g/mol. The molecule has 0 aliphatic carbocycles. The average molecular weight is 451 g/mol. The van der Waals surface area contributed by atoms with E-state index in [1.165, 1.54) is 18.2 Å². The van der Waals surface area contributed by atoms with E-state index < -0.39 is 22.0 Å². The number of halogens is 1. The van der Waals surface area contributed by atoms with E-state index in [1.807, 2.05) is 0 Å². The van der Waals surface area contributed by atoms with E-state index in [9.17, 15) is 17.6 Å². The zero-order valence-corrected chi connectivity index (χ0v) is 18.4. The molecule has 31 heavy (non-hydrogen) atoms. The van der Waals surface area contributed by atoms with Gasteiger partial charge in [0, 0.05) is 19.0 Å². The summed E-state index contributed by atoms with van der Waals surface area (Å²) in [7, 11) is -3.99. The summed E-state index contributed by atoms with van der Waals surface area (Å²) in [6, 6.07) is 9.71. The van der Waals surface area contributed by atoms with E-state index in [1.54, 1.807) is 38.1 Å². The number of benzene rings is 2. The minimum Gasteiger partial charge on any atom is -0.490 e. The molecule has 0 saturated carbocycles. The predicted octanol–water partition coefficient (Wildman–Crippen LogP) is 2.65. The molecule has 2 aromatic rings. The van der Waals surface area contributed by atoms with Crippen LogP contribution >= 0.6 is 0 Å². The molecule has 0 radical (unpaired) electrons. The monoisotopic (exact) mass is 450 g/mol. The fourth-order valence-corrected chi connectivity index (χ4v) is 4.53. The van der Waals surface area contributed by atoms with E-state index in [-0.39, 0.29) is 23.2 Å². The zero-order valence-electron chi connectivity index (χ0n) is 17.6. The van der Waals surface area contributed by atoms with Crippen LogP contribution in [0.25, 0.3) is 0 Å². The molecular formula is C22H27FN2O5S. The summed E-state index contributed by atoms with van der Waals surface area (Å²) in [6.45, 7) is 4.62. The molecule has 2 aromatic carbocycles. The Labute approximate surface area is 182 Å². The summed E-state index contributed by atoms with van der Waals surface area (Å²) < 4.78 is 53.2. The SMILES string of the molecule is CC(C)[C@H](NS(=O)(=O)c1ccc2c(c1)OCCCO2)C(=O)NCCc1ccccc1F. The van der Waals surface area contributed by atoms with Crippen molar-refractivity contribution in [3.63, 3.8) is 0 Å². The van der Waals surface area contributed by atoms with Gasteiger partial charge in [-0.2, -0.15) is 4.72 Å². The zero-order chi connectivity index (χ0) is 22.4. The molecule has 0 spiro atoms. The smallest absolute Gasteiger partial charge is 0.241 e. The topological polar surface area (TPSA) is 93.7 Å². The van der Waals surface area contributed by atoms with Crippen molar-refractivity contribution in [1.82, 2.24) is 10.0 Å². The van der Waals surface area contributed by atoms with E-state index in [0.717, 1.165) is 0 Å². The summed E-state index contributed by atoms with van der Waals surface area (Å²) in [5, 5.41) is 2.69. The van der Waals surface area contributed by atoms with Gasteiger partial charge in [0.05, 0.1) is 18.1 Å². The van der Waals surface area contributed by atoms with Crippen molar-refractivity contribution in [3.05, 3.63) is 53.8 Å². The van der Waals surface area contributed by atoms with Crippen LogP contribution in [0.2, 0.25) is 0 Å². The van der Waals surface area contributed by atoms with Gasteiger partial charge in [0.2, 0.25) is 15.9 Å². The van der Waals surface area contributed by atoms with Crippen LogP contribution in [0.4, 0.5) is 4.39 Å². The van der Waals surface area contributed by atoms with Crippen LogP contribution in [-0.4, -0.2) is 40.1 Å². The van der Waals surface area contributed by atoms with E-state index in [2.05, 4.69) is 10.0 Å². The van der Waals surface area contributed by atoms with Crippen molar-refractivity contribution >= 4 is 15.9 Å². The fourth-order valence-electron chi connectivity index (χ4n) is 3.17. The second kappa shape index (κ2) is 10.1. The van der Waals surface area contributed by atoms with Crippen LogP contribution in [-0.2, 0) is 21.2 Å². The molecule has 1 amide bonds. The molecule has 7 nitrogen and oxygen atoms in total. The highest BCUT2D eigenvalue weighted by Gasteiger charge is 2.29. The molecule has 1 heterocycles. The van der Waals surface area contributed by atoms with Gasteiger partial charge >= 0.3 is 0 Å². The normalized spacial score (nSPS) is 14.7. The maximum Gasteiger partial charge on any atom is 0.241 e. The summed E-state index contributed by atoms with van der Waals surface area (Å²) >= 11 is 0. The second-order valence-corrected chi connectivity index (χ2v) is 9.35. The Morgan fingerprint density at radius 3 is 2.52 bits per heavy atom. The minimum absolute atomic E-state index is 0.0124. The molecule has 0 fully saturated rings. The lowest BCUT2D eigenvalue weighted by molar-refractivity contribution is -0.123. The average Bonchev–Trinajstić information content (AvgIpc) is 2.98. The number of carbonyl (C=O) groups is 1. The summed E-state index contributed by atoms with van der Waals surface area (Å²) in [5.74, 6) is -0.265. The van der Waals surface area contributed by atoms with Crippen LogP contribution < -0.4 is 19.5 Å². The maximum atomic E-state index is 13.7. The molecule has 2 N–H and O–H groups in total. The molecule has 1 atom stereocenters. The third kappa shape index (κ3) is 5.95. The second-order valence-electron chi connectivity index (χ2n) is 7.63. The van der Waals surface area contributed by atoms with Gasteiger partial charge < -0.3 is 14.8 Å². The maximum absolute atomic E-state index is 13.7. The van der Waals surface area contributed by atoms with Gasteiger partial charge in [0.25, 0.3) is 0 Å². The number of sulfonamides is 1. The van der Waals surface area contributed by atoms with Gasteiger partial charge in [0.15, 0.2) is 11.5 Å². The van der Waals surface area contributed by atoms with Gasteiger partial charge in [-0.15, -0.1) is 0 Å². The first-order valence-corrected chi connectivity index (χ1v) is 11.7. The lowest BCUT2D eigenvalue weighted by Crippen LogP contribution is -2.49. The van der Waals surface area contributed by atoms with Crippen molar-refractivity contribution in [2.45, 2.75) is 37.6 Å². The molecule has 0 unspecified atom stereocenters. The van der Waals surface area contributed by atoms with Crippen LogP contribution in [0.1, 0.15) is 25.8 Å².